The predicted molar refractivity (Wildman–Crippen MR) is 113 cm³/mol. The van der Waals surface area contributed by atoms with Gasteiger partial charge in [0, 0.05) is 5.56 Å². The first-order chi connectivity index (χ1) is 13.8. The van der Waals surface area contributed by atoms with Crippen LogP contribution in [0.5, 0.6) is 5.75 Å². The second-order valence-corrected chi connectivity index (χ2v) is 7.01. The molecule has 1 heterocycles. The normalized spacial score (nSPS) is 10.8. The van der Waals surface area contributed by atoms with Crippen molar-refractivity contribution in [2.24, 2.45) is 5.10 Å². The molecule has 0 saturated carbocycles. The van der Waals surface area contributed by atoms with Gasteiger partial charge in [-0.3, -0.25) is 5.43 Å². The fourth-order valence-electron chi connectivity index (χ4n) is 2.65. The van der Waals surface area contributed by atoms with Crippen molar-refractivity contribution in [1.29, 1.82) is 5.26 Å². The molecule has 0 amide bonds. The summed E-state index contributed by atoms with van der Waals surface area (Å²) >= 11 is 1.56. The molecule has 0 atom stereocenters. The van der Waals surface area contributed by atoms with E-state index < -0.39 is 0 Å². The molecular weight excluding hydrogens is 368 g/mol. The molecule has 0 radical (unpaired) electrons. The molecule has 0 aliphatic rings. The van der Waals surface area contributed by atoms with Crippen LogP contribution >= 0.6 is 11.3 Å². The van der Waals surface area contributed by atoms with Crippen LogP contribution in [0.15, 0.2) is 77.9 Å². The minimum absolute atomic E-state index is 0.357. The molecule has 0 aliphatic heterocycles. The molecule has 6 heteroatoms. The van der Waals surface area contributed by atoms with Crippen molar-refractivity contribution < 1.29 is 4.74 Å². The number of para-hydroxylation sites is 1. The number of hydrogen-bond donors (Lipinski definition) is 1. The van der Waals surface area contributed by atoms with Crippen molar-refractivity contribution in [3.8, 4) is 11.8 Å². The Balaban J connectivity index is 1.35. The number of nitrogens with one attached hydrogen (secondary N) is 1. The van der Waals surface area contributed by atoms with Gasteiger partial charge in [-0.25, -0.2) is 4.98 Å². The first kappa shape index (κ1) is 17.7. The molecule has 136 valence electrons. The largest absolute Gasteiger partial charge is 0.489 e. The average molecular weight is 384 g/mol. The Labute approximate surface area is 166 Å². The smallest absolute Gasteiger partial charge is 0.204 e. The number of hydrazone groups is 1. The van der Waals surface area contributed by atoms with E-state index in [1.165, 1.54) is 0 Å². The van der Waals surface area contributed by atoms with Crippen molar-refractivity contribution in [2.75, 3.05) is 5.43 Å². The zero-order valence-corrected chi connectivity index (χ0v) is 15.7. The highest BCUT2D eigenvalue weighted by Gasteiger charge is 2.03. The summed E-state index contributed by atoms with van der Waals surface area (Å²) in [5.41, 5.74) is 6.38. The van der Waals surface area contributed by atoms with Gasteiger partial charge in [0.15, 0.2) is 0 Å². The van der Waals surface area contributed by atoms with E-state index in [-0.39, 0.29) is 0 Å². The fraction of sp³-hybridized carbons (Fsp3) is 0.0455. The summed E-state index contributed by atoms with van der Waals surface area (Å²) < 4.78 is 6.90. The summed E-state index contributed by atoms with van der Waals surface area (Å²) in [4.78, 5) is 4.48. The van der Waals surface area contributed by atoms with Crippen molar-refractivity contribution in [3.05, 3.63) is 89.5 Å². The molecule has 28 heavy (non-hydrogen) atoms. The van der Waals surface area contributed by atoms with Gasteiger partial charge in [-0.15, -0.1) is 0 Å². The number of thiazole rings is 1. The van der Waals surface area contributed by atoms with Crippen molar-refractivity contribution in [2.45, 2.75) is 6.61 Å². The van der Waals surface area contributed by atoms with Gasteiger partial charge in [0.25, 0.3) is 0 Å². The topological polar surface area (TPSA) is 70.3 Å². The lowest BCUT2D eigenvalue weighted by Gasteiger charge is -2.07. The van der Waals surface area contributed by atoms with Crippen LogP contribution in [-0.4, -0.2) is 11.2 Å². The van der Waals surface area contributed by atoms with E-state index in [0.29, 0.717) is 12.2 Å². The van der Waals surface area contributed by atoms with Gasteiger partial charge in [-0.1, -0.05) is 41.7 Å². The molecule has 5 nitrogen and oxygen atoms in total. The quantitative estimate of drug-likeness (QED) is 0.367. The van der Waals surface area contributed by atoms with Crippen molar-refractivity contribution in [1.82, 2.24) is 4.98 Å². The van der Waals surface area contributed by atoms with Crippen LogP contribution in [0.3, 0.4) is 0 Å². The maximum absolute atomic E-state index is 9.13. The molecule has 0 aliphatic carbocycles. The monoisotopic (exact) mass is 384 g/mol. The first-order valence-electron chi connectivity index (χ1n) is 8.67. The summed E-state index contributed by atoms with van der Waals surface area (Å²) in [6.45, 7) is 0.357. The van der Waals surface area contributed by atoms with Crippen LogP contribution in [0.25, 0.3) is 10.2 Å². The lowest BCUT2D eigenvalue weighted by molar-refractivity contribution is 0.306. The molecule has 0 fully saturated rings. The number of nitrogens with zero attached hydrogens (tertiary/aromatic N) is 3. The third-order valence-corrected chi connectivity index (χ3v) is 5.02. The zero-order chi connectivity index (χ0) is 19.2. The highest BCUT2D eigenvalue weighted by atomic mass is 32.1. The van der Waals surface area contributed by atoms with E-state index in [4.69, 9.17) is 10.00 Å². The average Bonchev–Trinajstić information content (AvgIpc) is 3.16. The number of ether oxygens (including phenoxy) is 1. The summed E-state index contributed by atoms with van der Waals surface area (Å²) in [7, 11) is 0. The number of aromatic nitrogens is 1. The van der Waals surface area contributed by atoms with Crippen LogP contribution in [0.4, 0.5) is 5.13 Å². The van der Waals surface area contributed by atoms with Crippen LogP contribution in [0.1, 0.15) is 16.7 Å². The second kappa shape index (κ2) is 8.33. The molecule has 1 N–H and O–H groups in total. The van der Waals surface area contributed by atoms with Gasteiger partial charge in [0.05, 0.1) is 28.1 Å². The molecular formula is C22H16N4OS. The molecule has 3 aromatic carbocycles. The molecule has 1 aromatic heterocycles. The van der Waals surface area contributed by atoms with Crippen molar-refractivity contribution in [3.63, 3.8) is 0 Å². The summed E-state index contributed by atoms with van der Waals surface area (Å²) in [5, 5.41) is 14.1. The van der Waals surface area contributed by atoms with E-state index in [1.54, 1.807) is 23.6 Å². The van der Waals surface area contributed by atoms with Crippen LogP contribution < -0.4 is 10.2 Å². The highest BCUT2D eigenvalue weighted by Crippen LogP contribution is 2.25. The molecule has 0 bridgehead atoms. The minimum atomic E-state index is 0.357. The van der Waals surface area contributed by atoms with Crippen LogP contribution in [-0.2, 0) is 6.61 Å². The Morgan fingerprint density at radius 2 is 1.82 bits per heavy atom. The zero-order valence-electron chi connectivity index (χ0n) is 14.9. The summed E-state index contributed by atoms with van der Waals surface area (Å²) in [6, 6.07) is 25.2. The van der Waals surface area contributed by atoms with E-state index >= 15 is 0 Å². The van der Waals surface area contributed by atoms with E-state index in [2.05, 4.69) is 21.6 Å². The molecule has 0 saturated heterocycles. The highest BCUT2D eigenvalue weighted by molar-refractivity contribution is 7.22. The van der Waals surface area contributed by atoms with Gasteiger partial charge in [-0.05, 0) is 48.0 Å². The van der Waals surface area contributed by atoms with E-state index in [1.807, 2.05) is 66.7 Å². The molecule has 0 spiro atoms. The van der Waals surface area contributed by atoms with E-state index in [9.17, 15) is 0 Å². The maximum Gasteiger partial charge on any atom is 0.204 e. The summed E-state index contributed by atoms with van der Waals surface area (Å²) in [5.74, 6) is 0.740. The van der Waals surface area contributed by atoms with Gasteiger partial charge < -0.3 is 4.74 Å². The number of nitriles is 1. The Hall–Kier alpha value is -3.69. The van der Waals surface area contributed by atoms with Gasteiger partial charge >= 0.3 is 0 Å². The Bertz CT molecular complexity index is 1130. The Kier molecular flexibility index (Phi) is 5.27. The third-order valence-electron chi connectivity index (χ3n) is 4.08. The number of anilines is 1. The number of fused-ring (bicyclic) bond motifs is 1. The maximum atomic E-state index is 9.13. The Morgan fingerprint density at radius 3 is 2.64 bits per heavy atom. The molecule has 0 unspecified atom stereocenters. The standard InChI is InChI=1S/C22H16N4OS/c23-13-17-5-1-2-6-18(17)15-27-19-11-9-16(10-12-19)14-24-26-22-25-20-7-3-4-8-21(20)28-22/h1-12,14H,15H2,(H,25,26). The van der Waals surface area contributed by atoms with Gasteiger partial charge in [0.1, 0.15) is 12.4 Å². The number of hydrogen-bond acceptors (Lipinski definition) is 6. The first-order valence-corrected chi connectivity index (χ1v) is 9.49. The van der Waals surface area contributed by atoms with Crippen LogP contribution in [0, 0.1) is 11.3 Å². The lowest BCUT2D eigenvalue weighted by atomic mass is 10.1. The molecule has 4 rings (SSSR count). The fourth-order valence-corrected chi connectivity index (χ4v) is 3.46. The predicted octanol–water partition coefficient (Wildman–Crippen LogP) is 5.19. The van der Waals surface area contributed by atoms with Gasteiger partial charge in [-0.2, -0.15) is 10.4 Å². The van der Waals surface area contributed by atoms with Crippen LogP contribution in [0.2, 0.25) is 0 Å². The SMILES string of the molecule is N#Cc1ccccc1COc1ccc(C=NNc2nc3ccccc3s2)cc1. The van der Waals surface area contributed by atoms with Crippen molar-refractivity contribution >= 4 is 32.9 Å². The van der Waals surface area contributed by atoms with Gasteiger partial charge in [0.2, 0.25) is 5.13 Å². The number of benzene rings is 3. The lowest BCUT2D eigenvalue weighted by Crippen LogP contribution is -1.98. The minimum Gasteiger partial charge on any atom is -0.489 e. The second-order valence-electron chi connectivity index (χ2n) is 5.98. The Morgan fingerprint density at radius 1 is 1.04 bits per heavy atom. The summed E-state index contributed by atoms with van der Waals surface area (Å²) in [6.07, 6.45) is 1.74. The molecule has 4 aromatic rings. The number of rotatable bonds is 6. The third kappa shape index (κ3) is 4.17. The van der Waals surface area contributed by atoms with E-state index in [0.717, 1.165) is 32.2 Å².